The molecular formula is C14H11N3O2. The SMILES string of the molecule is COC(=O)c1cccn2c(-c3ccccn3)ncc12. The van der Waals surface area contributed by atoms with Gasteiger partial charge in [-0.3, -0.25) is 9.38 Å². The van der Waals surface area contributed by atoms with Crippen LogP contribution in [0.5, 0.6) is 0 Å². The summed E-state index contributed by atoms with van der Waals surface area (Å²) in [5.41, 5.74) is 1.94. The van der Waals surface area contributed by atoms with Crippen molar-refractivity contribution < 1.29 is 9.53 Å². The number of hydrogen-bond donors (Lipinski definition) is 0. The fraction of sp³-hybridized carbons (Fsp3) is 0.0714. The Labute approximate surface area is 109 Å². The largest absolute Gasteiger partial charge is 0.465 e. The number of pyridine rings is 2. The van der Waals surface area contributed by atoms with Crippen LogP contribution in [0.25, 0.3) is 17.0 Å². The van der Waals surface area contributed by atoms with Crippen LogP contribution in [0.2, 0.25) is 0 Å². The third kappa shape index (κ3) is 1.85. The average Bonchev–Trinajstić information content (AvgIpc) is 2.91. The van der Waals surface area contributed by atoms with Gasteiger partial charge in [0.05, 0.1) is 24.4 Å². The Balaban J connectivity index is 2.23. The summed E-state index contributed by atoms with van der Waals surface area (Å²) in [5, 5.41) is 0. The van der Waals surface area contributed by atoms with Gasteiger partial charge in [-0.2, -0.15) is 0 Å². The predicted octanol–water partition coefficient (Wildman–Crippen LogP) is 2.18. The minimum absolute atomic E-state index is 0.377. The summed E-state index contributed by atoms with van der Waals surface area (Å²) in [6.45, 7) is 0. The summed E-state index contributed by atoms with van der Waals surface area (Å²) >= 11 is 0. The molecular weight excluding hydrogens is 242 g/mol. The maximum atomic E-state index is 11.7. The molecule has 0 atom stereocenters. The molecule has 5 heteroatoms. The molecule has 0 unspecified atom stereocenters. The molecule has 0 N–H and O–H groups in total. The predicted molar refractivity (Wildman–Crippen MR) is 69.8 cm³/mol. The van der Waals surface area contributed by atoms with E-state index in [1.807, 2.05) is 28.8 Å². The van der Waals surface area contributed by atoms with Gasteiger partial charge >= 0.3 is 5.97 Å². The van der Waals surface area contributed by atoms with Gasteiger partial charge in [-0.15, -0.1) is 0 Å². The lowest BCUT2D eigenvalue weighted by Gasteiger charge is -2.03. The Bertz CT molecular complexity index is 735. The van der Waals surface area contributed by atoms with E-state index in [2.05, 4.69) is 9.97 Å². The molecule has 94 valence electrons. The van der Waals surface area contributed by atoms with E-state index in [0.717, 1.165) is 5.69 Å². The number of esters is 1. The summed E-state index contributed by atoms with van der Waals surface area (Å²) < 4.78 is 6.59. The van der Waals surface area contributed by atoms with Crippen LogP contribution >= 0.6 is 0 Å². The molecule has 19 heavy (non-hydrogen) atoms. The van der Waals surface area contributed by atoms with E-state index in [9.17, 15) is 4.79 Å². The van der Waals surface area contributed by atoms with Crippen LogP contribution in [0.1, 0.15) is 10.4 Å². The number of nitrogens with zero attached hydrogens (tertiary/aromatic N) is 3. The van der Waals surface area contributed by atoms with Gasteiger partial charge in [-0.25, -0.2) is 9.78 Å². The van der Waals surface area contributed by atoms with Gasteiger partial charge in [0.2, 0.25) is 0 Å². The first-order chi connectivity index (χ1) is 9.31. The van der Waals surface area contributed by atoms with Gasteiger partial charge in [-0.05, 0) is 24.3 Å². The Kier molecular flexibility index (Phi) is 2.72. The van der Waals surface area contributed by atoms with Crippen molar-refractivity contribution in [2.24, 2.45) is 0 Å². The van der Waals surface area contributed by atoms with Crippen LogP contribution in [0, 0.1) is 0 Å². The molecule has 0 aliphatic carbocycles. The molecule has 0 saturated carbocycles. The number of methoxy groups -OCH3 is 1. The van der Waals surface area contributed by atoms with Crippen molar-refractivity contribution >= 4 is 11.5 Å². The van der Waals surface area contributed by atoms with Gasteiger partial charge in [-0.1, -0.05) is 6.07 Å². The third-order valence-corrected chi connectivity index (χ3v) is 2.87. The fourth-order valence-electron chi connectivity index (χ4n) is 1.99. The van der Waals surface area contributed by atoms with Gasteiger partial charge in [0.25, 0.3) is 0 Å². The molecule has 0 aromatic carbocycles. The summed E-state index contributed by atoms with van der Waals surface area (Å²) in [6, 6.07) is 9.12. The highest BCUT2D eigenvalue weighted by Gasteiger charge is 2.14. The van der Waals surface area contributed by atoms with Crippen LogP contribution in [0.3, 0.4) is 0 Å². The van der Waals surface area contributed by atoms with Crippen LogP contribution < -0.4 is 0 Å². The topological polar surface area (TPSA) is 56.5 Å². The lowest BCUT2D eigenvalue weighted by molar-refractivity contribution is 0.0602. The van der Waals surface area contributed by atoms with Crippen LogP contribution in [-0.4, -0.2) is 27.4 Å². The maximum absolute atomic E-state index is 11.7. The molecule has 0 amide bonds. The highest BCUT2D eigenvalue weighted by molar-refractivity contribution is 5.97. The number of carbonyl (C=O) groups excluding carboxylic acids is 1. The second-order valence-corrected chi connectivity index (χ2v) is 3.97. The van der Waals surface area contributed by atoms with E-state index in [0.29, 0.717) is 16.9 Å². The normalized spacial score (nSPS) is 10.6. The van der Waals surface area contributed by atoms with Crippen molar-refractivity contribution in [3.8, 4) is 11.5 Å². The molecule has 0 fully saturated rings. The molecule has 3 heterocycles. The molecule has 3 aromatic rings. The zero-order chi connectivity index (χ0) is 13.2. The Hall–Kier alpha value is -2.69. The summed E-state index contributed by atoms with van der Waals surface area (Å²) in [5.74, 6) is 0.319. The highest BCUT2D eigenvalue weighted by atomic mass is 16.5. The first-order valence-corrected chi connectivity index (χ1v) is 5.77. The van der Waals surface area contributed by atoms with Crippen LogP contribution in [0.4, 0.5) is 0 Å². The van der Waals surface area contributed by atoms with Crippen molar-refractivity contribution in [1.29, 1.82) is 0 Å². The first-order valence-electron chi connectivity index (χ1n) is 5.77. The van der Waals surface area contributed by atoms with Crippen molar-refractivity contribution in [3.05, 3.63) is 54.5 Å². The highest BCUT2D eigenvalue weighted by Crippen LogP contribution is 2.20. The Morgan fingerprint density at radius 2 is 2.11 bits per heavy atom. The minimum Gasteiger partial charge on any atom is -0.465 e. The molecule has 0 aliphatic rings. The quantitative estimate of drug-likeness (QED) is 0.657. The zero-order valence-electron chi connectivity index (χ0n) is 10.3. The lowest BCUT2D eigenvalue weighted by Crippen LogP contribution is -2.03. The van der Waals surface area contributed by atoms with E-state index in [4.69, 9.17) is 4.74 Å². The summed E-state index contributed by atoms with van der Waals surface area (Å²) in [7, 11) is 1.36. The van der Waals surface area contributed by atoms with Crippen LogP contribution in [0.15, 0.2) is 48.9 Å². The fourth-order valence-corrected chi connectivity index (χ4v) is 1.99. The number of imidazole rings is 1. The number of rotatable bonds is 2. The van der Waals surface area contributed by atoms with E-state index in [-0.39, 0.29) is 5.97 Å². The standard InChI is InChI=1S/C14H11N3O2/c1-19-14(18)10-5-4-8-17-12(10)9-16-13(17)11-6-2-3-7-15-11/h2-9H,1H3. The summed E-state index contributed by atoms with van der Waals surface area (Å²) in [4.78, 5) is 20.3. The molecule has 5 nitrogen and oxygen atoms in total. The lowest BCUT2D eigenvalue weighted by atomic mass is 10.2. The Morgan fingerprint density at radius 3 is 2.84 bits per heavy atom. The zero-order valence-corrected chi connectivity index (χ0v) is 10.3. The number of aromatic nitrogens is 3. The average molecular weight is 253 g/mol. The van der Waals surface area contributed by atoms with Crippen molar-refractivity contribution in [1.82, 2.24) is 14.4 Å². The maximum Gasteiger partial charge on any atom is 0.340 e. The van der Waals surface area contributed by atoms with E-state index < -0.39 is 0 Å². The number of fused-ring (bicyclic) bond motifs is 1. The van der Waals surface area contributed by atoms with E-state index in [1.54, 1.807) is 24.5 Å². The number of hydrogen-bond acceptors (Lipinski definition) is 4. The van der Waals surface area contributed by atoms with E-state index in [1.165, 1.54) is 7.11 Å². The van der Waals surface area contributed by atoms with Crippen molar-refractivity contribution in [2.45, 2.75) is 0 Å². The number of ether oxygens (including phenoxy) is 1. The monoisotopic (exact) mass is 253 g/mol. The smallest absolute Gasteiger partial charge is 0.340 e. The second-order valence-electron chi connectivity index (χ2n) is 3.97. The molecule has 3 rings (SSSR count). The Morgan fingerprint density at radius 1 is 1.21 bits per heavy atom. The van der Waals surface area contributed by atoms with Gasteiger partial charge in [0, 0.05) is 12.4 Å². The molecule has 0 radical (unpaired) electrons. The molecule has 0 aliphatic heterocycles. The minimum atomic E-state index is -0.377. The van der Waals surface area contributed by atoms with Gasteiger partial charge in [0.15, 0.2) is 5.82 Å². The third-order valence-electron chi connectivity index (χ3n) is 2.87. The van der Waals surface area contributed by atoms with E-state index >= 15 is 0 Å². The van der Waals surface area contributed by atoms with Gasteiger partial charge < -0.3 is 4.74 Å². The molecule has 3 aromatic heterocycles. The molecule has 0 saturated heterocycles. The van der Waals surface area contributed by atoms with Crippen molar-refractivity contribution in [3.63, 3.8) is 0 Å². The van der Waals surface area contributed by atoms with Gasteiger partial charge in [0.1, 0.15) is 5.69 Å². The molecule has 0 spiro atoms. The first kappa shape index (κ1) is 11.4. The second kappa shape index (κ2) is 4.53. The van der Waals surface area contributed by atoms with Crippen LogP contribution in [-0.2, 0) is 4.74 Å². The van der Waals surface area contributed by atoms with Crippen molar-refractivity contribution in [2.75, 3.05) is 7.11 Å². The molecule has 0 bridgehead atoms. The number of carbonyl (C=O) groups is 1. The summed E-state index contributed by atoms with van der Waals surface area (Å²) in [6.07, 6.45) is 5.20.